The molecule has 1 atom stereocenters. The van der Waals surface area contributed by atoms with E-state index < -0.39 is 10.0 Å². The highest BCUT2D eigenvalue weighted by atomic mass is 32.2. The van der Waals surface area contributed by atoms with Crippen molar-refractivity contribution in [2.75, 3.05) is 30.8 Å². The average Bonchev–Trinajstić information content (AvgIpc) is 3.19. The van der Waals surface area contributed by atoms with Crippen LogP contribution in [0.4, 0.5) is 5.69 Å². The van der Waals surface area contributed by atoms with E-state index in [9.17, 15) is 13.2 Å². The third-order valence-corrected chi connectivity index (χ3v) is 7.34. The Morgan fingerprint density at radius 1 is 1.12 bits per heavy atom. The molecule has 0 aromatic heterocycles. The van der Waals surface area contributed by atoms with Crippen molar-refractivity contribution in [1.29, 1.82) is 0 Å². The van der Waals surface area contributed by atoms with Crippen molar-refractivity contribution in [2.24, 2.45) is 5.92 Å². The largest absolute Gasteiger partial charge is 0.371 e. The quantitative estimate of drug-likeness (QED) is 0.686. The molecule has 4 rings (SSSR count). The van der Waals surface area contributed by atoms with Gasteiger partial charge in [0.05, 0.1) is 6.26 Å². The van der Waals surface area contributed by atoms with Crippen LogP contribution in [0.2, 0.25) is 0 Å². The smallest absolute Gasteiger partial charge is 0.208 e. The van der Waals surface area contributed by atoms with Gasteiger partial charge < -0.3 is 4.90 Å². The fourth-order valence-electron chi connectivity index (χ4n) is 4.68. The minimum absolute atomic E-state index is 0.0426. The monoisotopic (exact) mass is 466 g/mol. The zero-order valence-electron chi connectivity index (χ0n) is 20.2. The molecule has 1 aliphatic heterocycles. The zero-order chi connectivity index (χ0) is 24.0. The molecular formula is C27H34N2O3S. The molecule has 1 saturated heterocycles. The number of allylic oxidation sites excluding steroid dienone is 4. The van der Waals surface area contributed by atoms with Crippen molar-refractivity contribution < 1.29 is 13.2 Å². The molecule has 2 aromatic carbocycles. The zero-order valence-corrected chi connectivity index (χ0v) is 21.1. The van der Waals surface area contributed by atoms with E-state index in [0.717, 1.165) is 52.7 Å². The molecule has 0 amide bonds. The Morgan fingerprint density at radius 3 is 2.55 bits per heavy atom. The summed E-state index contributed by atoms with van der Waals surface area (Å²) >= 11 is 0. The number of nitrogens with one attached hydrogen (secondary N) is 1. The number of ketones is 1. The average molecular weight is 467 g/mol. The molecule has 0 spiro atoms. The van der Waals surface area contributed by atoms with Gasteiger partial charge in [0.2, 0.25) is 10.0 Å². The third kappa shape index (κ3) is 5.39. The molecule has 0 radical (unpaired) electrons. The van der Waals surface area contributed by atoms with Crippen molar-refractivity contribution in [3.8, 4) is 0 Å². The second kappa shape index (κ2) is 8.73. The number of Topliss-reactive ketones (excluding diaryl/α,β-unsaturated/α-hetero) is 1. The van der Waals surface area contributed by atoms with E-state index in [1.807, 2.05) is 13.0 Å². The summed E-state index contributed by atoms with van der Waals surface area (Å²) in [4.78, 5) is 15.2. The number of carbonyl (C=O) groups excluding carboxylic acids is 1. The first-order valence-corrected chi connectivity index (χ1v) is 13.5. The maximum absolute atomic E-state index is 12.9. The summed E-state index contributed by atoms with van der Waals surface area (Å²) in [6.07, 6.45) is 6.66. The number of carbonyl (C=O) groups is 1. The molecule has 1 fully saturated rings. The molecule has 5 nitrogen and oxygen atoms in total. The third-order valence-electron chi connectivity index (χ3n) is 6.65. The Labute approximate surface area is 197 Å². The number of fused-ring (bicyclic) bond motifs is 1. The standard InChI is InChI=1S/C27H34N2O3S/c1-18-6-8-24(26(30)12-18)25-15-21(27(2,3)4)13-20-14-22(7-9-23(20)25)29-11-10-19(17-29)16-28-33(5,31)32/h6-9,13-15,19,28H,10-12,16-17H2,1-5H3/t19-/m1/s1. The lowest BCUT2D eigenvalue weighted by atomic mass is 9.81. The van der Waals surface area contributed by atoms with E-state index >= 15 is 0 Å². The van der Waals surface area contributed by atoms with Gasteiger partial charge in [-0.25, -0.2) is 13.1 Å². The fourth-order valence-corrected chi connectivity index (χ4v) is 5.22. The number of nitrogens with zero attached hydrogens (tertiary/aromatic N) is 1. The van der Waals surface area contributed by atoms with Crippen LogP contribution in [0.1, 0.15) is 51.7 Å². The molecule has 1 aliphatic carbocycles. The van der Waals surface area contributed by atoms with Gasteiger partial charge in [0.1, 0.15) is 0 Å². The van der Waals surface area contributed by atoms with E-state index in [4.69, 9.17) is 0 Å². The van der Waals surface area contributed by atoms with Gasteiger partial charge >= 0.3 is 0 Å². The number of sulfonamides is 1. The molecule has 1 heterocycles. The summed E-state index contributed by atoms with van der Waals surface area (Å²) in [6.45, 7) is 10.8. The molecule has 0 bridgehead atoms. The Kier molecular flexibility index (Phi) is 6.27. The van der Waals surface area contributed by atoms with E-state index in [1.54, 1.807) is 0 Å². The fraction of sp³-hybridized carbons (Fsp3) is 0.444. The van der Waals surface area contributed by atoms with Gasteiger partial charge in [-0.15, -0.1) is 0 Å². The number of hydrogen-bond donors (Lipinski definition) is 1. The van der Waals surface area contributed by atoms with E-state index in [1.165, 1.54) is 11.8 Å². The summed E-state index contributed by atoms with van der Waals surface area (Å²) < 4.78 is 25.5. The van der Waals surface area contributed by atoms with Gasteiger partial charge in [-0.05, 0) is 64.8 Å². The first kappa shape index (κ1) is 23.7. The van der Waals surface area contributed by atoms with Crippen molar-refractivity contribution in [1.82, 2.24) is 4.72 Å². The lowest BCUT2D eigenvalue weighted by Crippen LogP contribution is -2.30. The highest BCUT2D eigenvalue weighted by Gasteiger charge is 2.25. The van der Waals surface area contributed by atoms with Crippen LogP contribution < -0.4 is 9.62 Å². The normalized spacial score (nSPS) is 19.7. The van der Waals surface area contributed by atoms with Crippen LogP contribution in [0, 0.1) is 5.92 Å². The molecule has 2 aliphatic rings. The highest BCUT2D eigenvalue weighted by Crippen LogP contribution is 2.37. The van der Waals surface area contributed by atoms with Crippen LogP contribution in [0.25, 0.3) is 16.3 Å². The van der Waals surface area contributed by atoms with E-state index in [0.29, 0.717) is 18.9 Å². The SMILES string of the molecule is CC1=CC=C(c2cc(C(C)(C)C)cc3cc(N4CC[C@H](CNS(C)(=O)=O)C4)ccc23)C(=O)C1. The van der Waals surface area contributed by atoms with Gasteiger partial charge in [-0.3, -0.25) is 4.79 Å². The number of benzene rings is 2. The molecule has 6 heteroatoms. The van der Waals surface area contributed by atoms with Crippen molar-refractivity contribution >= 4 is 37.8 Å². The lowest BCUT2D eigenvalue weighted by molar-refractivity contribution is -0.113. The van der Waals surface area contributed by atoms with Crippen LogP contribution in [0.15, 0.2) is 48.1 Å². The van der Waals surface area contributed by atoms with Gasteiger partial charge in [-0.1, -0.05) is 50.6 Å². The van der Waals surface area contributed by atoms with Crippen LogP contribution in [0.5, 0.6) is 0 Å². The van der Waals surface area contributed by atoms with Crippen molar-refractivity contribution in [3.63, 3.8) is 0 Å². The molecular weight excluding hydrogens is 432 g/mol. The molecule has 0 saturated carbocycles. The number of hydrogen-bond acceptors (Lipinski definition) is 4. The lowest BCUT2D eigenvalue weighted by Gasteiger charge is -2.24. The highest BCUT2D eigenvalue weighted by molar-refractivity contribution is 7.88. The molecule has 1 N–H and O–H groups in total. The first-order chi connectivity index (χ1) is 15.4. The van der Waals surface area contributed by atoms with Crippen molar-refractivity contribution in [3.05, 3.63) is 59.2 Å². The van der Waals surface area contributed by atoms with Gasteiger partial charge in [0, 0.05) is 37.3 Å². The van der Waals surface area contributed by atoms with Crippen LogP contribution in [0.3, 0.4) is 0 Å². The van der Waals surface area contributed by atoms with Gasteiger partial charge in [0.15, 0.2) is 5.78 Å². The first-order valence-electron chi connectivity index (χ1n) is 11.6. The molecule has 33 heavy (non-hydrogen) atoms. The predicted octanol–water partition coefficient (Wildman–Crippen LogP) is 4.82. The minimum Gasteiger partial charge on any atom is -0.371 e. The van der Waals surface area contributed by atoms with Gasteiger partial charge in [0.25, 0.3) is 0 Å². The molecule has 2 aromatic rings. The Bertz CT molecular complexity index is 1270. The predicted molar refractivity (Wildman–Crippen MR) is 137 cm³/mol. The summed E-state index contributed by atoms with van der Waals surface area (Å²) in [7, 11) is -3.17. The number of anilines is 1. The van der Waals surface area contributed by atoms with Crippen LogP contribution in [-0.2, 0) is 20.2 Å². The Hall–Kier alpha value is -2.44. The summed E-state index contributed by atoms with van der Waals surface area (Å²) in [5.74, 6) is 0.471. The van der Waals surface area contributed by atoms with Gasteiger partial charge in [-0.2, -0.15) is 0 Å². The second-order valence-electron chi connectivity index (χ2n) is 10.6. The number of rotatable bonds is 5. The van der Waals surface area contributed by atoms with E-state index in [-0.39, 0.29) is 11.2 Å². The summed E-state index contributed by atoms with van der Waals surface area (Å²) in [6, 6.07) is 10.9. The Balaban J connectivity index is 1.71. The minimum atomic E-state index is -3.17. The maximum Gasteiger partial charge on any atom is 0.208 e. The maximum atomic E-state index is 12.9. The topological polar surface area (TPSA) is 66.5 Å². The molecule has 0 unspecified atom stereocenters. The summed E-state index contributed by atoms with van der Waals surface area (Å²) in [5, 5.41) is 2.22. The van der Waals surface area contributed by atoms with Crippen molar-refractivity contribution in [2.45, 2.75) is 46.0 Å². The summed E-state index contributed by atoms with van der Waals surface area (Å²) in [5.41, 5.74) is 5.20. The van der Waals surface area contributed by atoms with Crippen LogP contribution in [-0.4, -0.2) is 40.1 Å². The van der Waals surface area contributed by atoms with Crippen LogP contribution >= 0.6 is 0 Å². The second-order valence-corrected chi connectivity index (χ2v) is 12.4. The van der Waals surface area contributed by atoms with E-state index in [2.05, 4.69) is 66.8 Å². The molecule has 176 valence electrons. The Morgan fingerprint density at radius 2 is 1.88 bits per heavy atom.